The van der Waals surface area contributed by atoms with Gasteiger partial charge in [0, 0.05) is 19.4 Å². The van der Waals surface area contributed by atoms with Crippen LogP contribution in [0.15, 0.2) is 18.7 Å². The lowest BCUT2D eigenvalue weighted by atomic mass is 10.5. The Hall–Kier alpha value is -2.18. The minimum Gasteiger partial charge on any atom is -0.319 e. The van der Waals surface area contributed by atoms with Crippen LogP contribution in [0.25, 0.3) is 0 Å². The third-order valence-corrected chi connectivity index (χ3v) is 2.07. The SMILES string of the molecule is Cc1nc(CN(C)C(=O)n2ccnc2)n[nH]1. The van der Waals surface area contributed by atoms with Crippen molar-refractivity contribution in [3.05, 3.63) is 30.4 Å². The van der Waals surface area contributed by atoms with Crippen molar-refractivity contribution in [3.63, 3.8) is 0 Å². The molecule has 2 heterocycles. The van der Waals surface area contributed by atoms with E-state index < -0.39 is 0 Å². The van der Waals surface area contributed by atoms with Gasteiger partial charge in [-0.15, -0.1) is 0 Å². The fourth-order valence-corrected chi connectivity index (χ4v) is 1.31. The van der Waals surface area contributed by atoms with Crippen LogP contribution in [0.5, 0.6) is 0 Å². The van der Waals surface area contributed by atoms with Crippen molar-refractivity contribution in [2.75, 3.05) is 7.05 Å². The molecule has 7 nitrogen and oxygen atoms in total. The summed E-state index contributed by atoms with van der Waals surface area (Å²) in [6.07, 6.45) is 4.62. The molecule has 1 amide bonds. The summed E-state index contributed by atoms with van der Waals surface area (Å²) >= 11 is 0. The summed E-state index contributed by atoms with van der Waals surface area (Å²) in [5.74, 6) is 1.33. The van der Waals surface area contributed by atoms with E-state index in [0.717, 1.165) is 5.82 Å². The zero-order chi connectivity index (χ0) is 11.5. The molecule has 0 bridgehead atoms. The van der Waals surface area contributed by atoms with Crippen LogP contribution in [-0.4, -0.2) is 42.7 Å². The van der Waals surface area contributed by atoms with Crippen molar-refractivity contribution in [2.24, 2.45) is 0 Å². The van der Waals surface area contributed by atoms with Crippen LogP contribution < -0.4 is 0 Å². The van der Waals surface area contributed by atoms with Crippen molar-refractivity contribution in [3.8, 4) is 0 Å². The first kappa shape index (κ1) is 10.3. The highest BCUT2D eigenvalue weighted by atomic mass is 16.2. The zero-order valence-corrected chi connectivity index (χ0v) is 9.08. The van der Waals surface area contributed by atoms with Gasteiger partial charge in [0.25, 0.3) is 0 Å². The lowest BCUT2D eigenvalue weighted by molar-refractivity contribution is 0.207. The van der Waals surface area contributed by atoms with E-state index in [1.807, 2.05) is 6.92 Å². The molecule has 2 aromatic heterocycles. The van der Waals surface area contributed by atoms with Gasteiger partial charge in [0.2, 0.25) is 0 Å². The number of aromatic amines is 1. The van der Waals surface area contributed by atoms with Gasteiger partial charge in [-0.05, 0) is 6.92 Å². The van der Waals surface area contributed by atoms with Crippen molar-refractivity contribution in [1.29, 1.82) is 0 Å². The fraction of sp³-hybridized carbons (Fsp3) is 0.333. The van der Waals surface area contributed by atoms with Gasteiger partial charge in [-0.2, -0.15) is 5.10 Å². The zero-order valence-electron chi connectivity index (χ0n) is 9.08. The second-order valence-electron chi connectivity index (χ2n) is 3.45. The number of rotatable bonds is 2. The van der Waals surface area contributed by atoms with Crippen molar-refractivity contribution >= 4 is 6.03 Å². The number of imidazole rings is 1. The second kappa shape index (κ2) is 4.13. The minimum atomic E-state index is -0.167. The normalized spacial score (nSPS) is 10.4. The van der Waals surface area contributed by atoms with E-state index in [9.17, 15) is 4.79 Å². The molecular weight excluding hydrogens is 208 g/mol. The number of nitrogens with zero attached hydrogens (tertiary/aromatic N) is 5. The average molecular weight is 220 g/mol. The lowest BCUT2D eigenvalue weighted by Crippen LogP contribution is -2.30. The summed E-state index contributed by atoms with van der Waals surface area (Å²) in [6.45, 7) is 2.18. The predicted molar refractivity (Wildman–Crippen MR) is 55.6 cm³/mol. The smallest absolute Gasteiger partial charge is 0.319 e. The van der Waals surface area contributed by atoms with E-state index >= 15 is 0 Å². The summed E-state index contributed by atoms with van der Waals surface area (Å²) in [5, 5.41) is 6.69. The first-order valence-corrected chi connectivity index (χ1v) is 4.78. The Balaban J connectivity index is 2.03. The molecule has 0 atom stereocenters. The summed E-state index contributed by atoms with van der Waals surface area (Å²) < 4.78 is 1.40. The molecule has 0 aliphatic heterocycles. The largest absolute Gasteiger partial charge is 0.329 e. The molecule has 0 saturated carbocycles. The van der Waals surface area contributed by atoms with E-state index in [1.165, 1.54) is 15.8 Å². The van der Waals surface area contributed by atoms with E-state index in [0.29, 0.717) is 12.4 Å². The molecule has 16 heavy (non-hydrogen) atoms. The molecule has 7 heteroatoms. The molecule has 0 radical (unpaired) electrons. The molecule has 1 N–H and O–H groups in total. The predicted octanol–water partition coefficient (Wildman–Crippen LogP) is 0.410. The molecule has 2 aromatic rings. The number of amides is 1. The number of carbonyl (C=O) groups is 1. The molecule has 2 rings (SSSR count). The summed E-state index contributed by atoms with van der Waals surface area (Å²) in [4.78, 5) is 21.3. The molecule has 0 aliphatic carbocycles. The number of hydrogen-bond acceptors (Lipinski definition) is 4. The second-order valence-corrected chi connectivity index (χ2v) is 3.45. The Morgan fingerprint density at radius 3 is 3.00 bits per heavy atom. The number of carbonyl (C=O) groups excluding carboxylic acids is 1. The number of aryl methyl sites for hydroxylation is 1. The van der Waals surface area contributed by atoms with Crippen LogP contribution >= 0.6 is 0 Å². The standard InChI is InChI=1S/C9H12N6O/c1-7-11-8(13-12-7)5-14(2)9(16)15-4-3-10-6-15/h3-4,6H,5H2,1-2H3,(H,11,12,13). The van der Waals surface area contributed by atoms with Crippen LogP contribution in [0.2, 0.25) is 0 Å². The lowest BCUT2D eigenvalue weighted by Gasteiger charge is -2.14. The van der Waals surface area contributed by atoms with E-state index in [4.69, 9.17) is 0 Å². The van der Waals surface area contributed by atoms with Crippen LogP contribution in [0.1, 0.15) is 11.6 Å². The Kier molecular flexibility index (Phi) is 2.67. The molecule has 84 valence electrons. The highest BCUT2D eigenvalue weighted by Gasteiger charge is 2.12. The molecule has 0 saturated heterocycles. The van der Waals surface area contributed by atoms with Gasteiger partial charge in [0.15, 0.2) is 5.82 Å². The number of nitrogens with one attached hydrogen (secondary N) is 1. The van der Waals surface area contributed by atoms with Gasteiger partial charge in [-0.25, -0.2) is 14.8 Å². The Labute approximate surface area is 92.1 Å². The average Bonchev–Trinajstić information content (AvgIpc) is 2.88. The summed E-state index contributed by atoms with van der Waals surface area (Å²) in [7, 11) is 1.69. The Bertz CT molecular complexity index is 474. The van der Waals surface area contributed by atoms with E-state index in [1.54, 1.807) is 19.4 Å². The topological polar surface area (TPSA) is 79.7 Å². The van der Waals surface area contributed by atoms with Gasteiger partial charge in [-0.3, -0.25) is 9.67 Å². The van der Waals surface area contributed by atoms with Crippen LogP contribution in [0, 0.1) is 6.92 Å². The highest BCUT2D eigenvalue weighted by Crippen LogP contribution is 1.99. The monoisotopic (exact) mass is 220 g/mol. The fourth-order valence-electron chi connectivity index (χ4n) is 1.31. The van der Waals surface area contributed by atoms with E-state index in [-0.39, 0.29) is 6.03 Å². The molecular formula is C9H12N6O. The summed E-state index contributed by atoms with van der Waals surface area (Å²) in [6, 6.07) is -0.167. The first-order chi connectivity index (χ1) is 7.66. The third kappa shape index (κ3) is 2.08. The Morgan fingerprint density at radius 1 is 1.62 bits per heavy atom. The van der Waals surface area contributed by atoms with Crippen molar-refractivity contribution in [1.82, 2.24) is 29.6 Å². The number of H-pyrrole nitrogens is 1. The van der Waals surface area contributed by atoms with Gasteiger partial charge in [-0.1, -0.05) is 0 Å². The van der Waals surface area contributed by atoms with Gasteiger partial charge >= 0.3 is 6.03 Å². The maximum absolute atomic E-state index is 11.8. The van der Waals surface area contributed by atoms with Gasteiger partial charge in [0.05, 0.1) is 6.54 Å². The Morgan fingerprint density at radius 2 is 2.44 bits per heavy atom. The summed E-state index contributed by atoms with van der Waals surface area (Å²) in [5.41, 5.74) is 0. The maximum atomic E-state index is 11.8. The highest BCUT2D eigenvalue weighted by molar-refractivity contribution is 5.76. The molecule has 0 aromatic carbocycles. The van der Waals surface area contributed by atoms with Crippen LogP contribution in [0.4, 0.5) is 4.79 Å². The molecule has 0 spiro atoms. The van der Waals surface area contributed by atoms with Crippen molar-refractivity contribution < 1.29 is 4.79 Å². The van der Waals surface area contributed by atoms with Crippen molar-refractivity contribution in [2.45, 2.75) is 13.5 Å². The molecule has 0 aliphatic rings. The number of aromatic nitrogens is 5. The number of hydrogen-bond donors (Lipinski definition) is 1. The first-order valence-electron chi connectivity index (χ1n) is 4.78. The van der Waals surface area contributed by atoms with Gasteiger partial charge < -0.3 is 4.90 Å². The van der Waals surface area contributed by atoms with Crippen LogP contribution in [-0.2, 0) is 6.54 Å². The minimum absolute atomic E-state index is 0.167. The quantitative estimate of drug-likeness (QED) is 0.794. The van der Waals surface area contributed by atoms with E-state index in [2.05, 4.69) is 20.2 Å². The van der Waals surface area contributed by atoms with Crippen LogP contribution in [0.3, 0.4) is 0 Å². The maximum Gasteiger partial charge on any atom is 0.329 e. The molecule has 0 unspecified atom stereocenters. The third-order valence-electron chi connectivity index (χ3n) is 2.07. The molecule has 0 fully saturated rings. The van der Waals surface area contributed by atoms with Gasteiger partial charge in [0.1, 0.15) is 12.2 Å².